The Morgan fingerprint density at radius 1 is 1.24 bits per heavy atom. The van der Waals surface area contributed by atoms with E-state index in [1.807, 2.05) is 52.0 Å². The van der Waals surface area contributed by atoms with Gasteiger partial charge in [0.2, 0.25) is 0 Å². The summed E-state index contributed by atoms with van der Waals surface area (Å²) in [4.78, 5) is 0. The minimum Gasteiger partial charge on any atom is -0.398 e. The molecule has 3 rings (SSSR count). The zero-order chi connectivity index (χ0) is 18.2. The van der Waals surface area contributed by atoms with Gasteiger partial charge in [-0.05, 0) is 45.4 Å². The number of aromatic nitrogens is 3. The molecule has 0 saturated carbocycles. The molecule has 1 aliphatic heterocycles. The van der Waals surface area contributed by atoms with Gasteiger partial charge < -0.3 is 9.31 Å². The van der Waals surface area contributed by atoms with Crippen LogP contribution in [0, 0.1) is 0 Å². The quantitative estimate of drug-likeness (QED) is 0.718. The van der Waals surface area contributed by atoms with Gasteiger partial charge in [-0.2, -0.15) is 0 Å². The third kappa shape index (κ3) is 3.86. The second kappa shape index (κ2) is 6.66. The SMILES string of the molecule is CC1(C)OB(C(F)=Cc2cn(Cc3ccccc3Br)nn2)OC1(C)C. The van der Waals surface area contributed by atoms with Crippen LogP contribution >= 0.6 is 15.9 Å². The van der Waals surface area contributed by atoms with Crippen LogP contribution in [-0.2, 0) is 15.9 Å². The summed E-state index contributed by atoms with van der Waals surface area (Å²) in [6, 6.07) is 7.86. The Balaban J connectivity index is 1.73. The second-order valence-corrected chi connectivity index (χ2v) is 7.90. The maximum atomic E-state index is 14.5. The van der Waals surface area contributed by atoms with Crippen molar-refractivity contribution in [3.63, 3.8) is 0 Å². The molecule has 1 aliphatic rings. The van der Waals surface area contributed by atoms with Crippen LogP contribution in [0.25, 0.3) is 6.08 Å². The summed E-state index contributed by atoms with van der Waals surface area (Å²) in [6.07, 6.45) is 2.98. The molecule has 0 atom stereocenters. The molecule has 1 saturated heterocycles. The van der Waals surface area contributed by atoms with Crippen molar-refractivity contribution in [2.75, 3.05) is 0 Å². The van der Waals surface area contributed by atoms with Crippen molar-refractivity contribution in [1.82, 2.24) is 15.0 Å². The standard InChI is InChI=1S/C17H20BBrFN3O2/c1-16(2)17(3,4)25-18(24-16)15(20)9-13-11-23(22-21-13)10-12-7-5-6-8-14(12)19/h5-9,11H,10H2,1-4H3. The Kier molecular flexibility index (Phi) is 4.87. The predicted octanol–water partition coefficient (Wildman–Crippen LogP) is 4.03. The molecule has 5 nitrogen and oxygen atoms in total. The monoisotopic (exact) mass is 407 g/mol. The molecular formula is C17H20BBrFN3O2. The summed E-state index contributed by atoms with van der Waals surface area (Å²) in [5, 5.41) is 8.04. The summed E-state index contributed by atoms with van der Waals surface area (Å²) in [6.45, 7) is 8.07. The first-order valence-electron chi connectivity index (χ1n) is 8.04. The zero-order valence-electron chi connectivity index (χ0n) is 14.7. The summed E-state index contributed by atoms with van der Waals surface area (Å²) >= 11 is 3.50. The zero-order valence-corrected chi connectivity index (χ0v) is 16.2. The summed E-state index contributed by atoms with van der Waals surface area (Å²) in [7, 11) is -1.03. The summed E-state index contributed by atoms with van der Waals surface area (Å²) in [5.41, 5.74) is -0.208. The van der Waals surface area contributed by atoms with Crippen LogP contribution in [0.1, 0.15) is 39.0 Å². The first kappa shape index (κ1) is 18.3. The maximum absolute atomic E-state index is 14.5. The lowest BCUT2D eigenvalue weighted by molar-refractivity contribution is 0.00578. The molecule has 25 heavy (non-hydrogen) atoms. The predicted molar refractivity (Wildman–Crippen MR) is 98.4 cm³/mol. The van der Waals surface area contributed by atoms with Gasteiger partial charge in [0, 0.05) is 4.47 Å². The molecule has 2 aromatic rings. The van der Waals surface area contributed by atoms with E-state index in [1.165, 1.54) is 6.08 Å². The van der Waals surface area contributed by atoms with Crippen LogP contribution in [-0.4, -0.2) is 33.3 Å². The van der Waals surface area contributed by atoms with E-state index in [4.69, 9.17) is 9.31 Å². The van der Waals surface area contributed by atoms with E-state index in [1.54, 1.807) is 10.9 Å². The smallest absolute Gasteiger partial charge is 0.398 e. The molecule has 2 heterocycles. The second-order valence-electron chi connectivity index (χ2n) is 7.05. The molecule has 1 fully saturated rings. The van der Waals surface area contributed by atoms with Crippen molar-refractivity contribution < 1.29 is 13.7 Å². The molecule has 1 aromatic carbocycles. The first-order chi connectivity index (χ1) is 11.7. The highest BCUT2D eigenvalue weighted by Crippen LogP contribution is 2.38. The van der Waals surface area contributed by atoms with E-state index in [9.17, 15) is 4.39 Å². The van der Waals surface area contributed by atoms with Gasteiger partial charge in [-0.3, -0.25) is 0 Å². The Labute approximate surface area is 155 Å². The number of hydrogen-bond donors (Lipinski definition) is 0. The third-order valence-corrected chi connectivity index (χ3v) is 5.38. The molecular weight excluding hydrogens is 388 g/mol. The average Bonchev–Trinajstić information content (AvgIpc) is 3.03. The highest BCUT2D eigenvalue weighted by molar-refractivity contribution is 9.10. The molecule has 0 spiro atoms. The molecule has 8 heteroatoms. The van der Waals surface area contributed by atoms with E-state index in [-0.39, 0.29) is 0 Å². The highest BCUT2D eigenvalue weighted by atomic mass is 79.9. The average molecular weight is 408 g/mol. The fourth-order valence-electron chi connectivity index (χ4n) is 2.42. The van der Waals surface area contributed by atoms with Crippen molar-refractivity contribution in [3.8, 4) is 0 Å². The molecule has 0 amide bonds. The van der Waals surface area contributed by atoms with Gasteiger partial charge in [-0.15, -0.1) is 5.10 Å². The molecule has 1 aromatic heterocycles. The van der Waals surface area contributed by atoms with Crippen LogP contribution in [0.3, 0.4) is 0 Å². The number of halogens is 2. The van der Waals surface area contributed by atoms with Crippen LogP contribution in [0.2, 0.25) is 0 Å². The van der Waals surface area contributed by atoms with E-state index in [0.717, 1.165) is 10.0 Å². The van der Waals surface area contributed by atoms with Gasteiger partial charge in [0.1, 0.15) is 11.4 Å². The molecule has 0 bridgehead atoms. The third-order valence-electron chi connectivity index (χ3n) is 4.61. The van der Waals surface area contributed by atoms with E-state index in [0.29, 0.717) is 12.2 Å². The van der Waals surface area contributed by atoms with E-state index >= 15 is 0 Å². The van der Waals surface area contributed by atoms with Crippen molar-refractivity contribution in [2.24, 2.45) is 0 Å². The maximum Gasteiger partial charge on any atom is 0.525 e. The minimum atomic E-state index is -1.03. The number of hydrogen-bond acceptors (Lipinski definition) is 4. The minimum absolute atomic E-state index is 0.416. The molecule has 132 valence electrons. The first-order valence-corrected chi connectivity index (χ1v) is 8.83. The molecule has 0 radical (unpaired) electrons. The summed E-state index contributed by atoms with van der Waals surface area (Å²) < 4.78 is 28.5. The largest absolute Gasteiger partial charge is 0.525 e. The Hall–Kier alpha value is -1.51. The Morgan fingerprint density at radius 3 is 2.52 bits per heavy atom. The van der Waals surface area contributed by atoms with Crippen LogP contribution in [0.5, 0.6) is 0 Å². The molecule has 0 N–H and O–H groups in total. The normalized spacial score (nSPS) is 19.4. The van der Waals surface area contributed by atoms with Crippen molar-refractivity contribution >= 4 is 29.1 Å². The highest BCUT2D eigenvalue weighted by Gasteiger charge is 2.53. The fourth-order valence-corrected chi connectivity index (χ4v) is 2.83. The van der Waals surface area contributed by atoms with Gasteiger partial charge in [0.15, 0.2) is 0 Å². The van der Waals surface area contributed by atoms with Gasteiger partial charge in [-0.25, -0.2) is 9.07 Å². The lowest BCUT2D eigenvalue weighted by Crippen LogP contribution is -2.41. The topological polar surface area (TPSA) is 49.2 Å². The van der Waals surface area contributed by atoms with Crippen molar-refractivity contribution in [3.05, 3.63) is 51.9 Å². The molecule has 0 unspecified atom stereocenters. The van der Waals surface area contributed by atoms with Gasteiger partial charge in [0.05, 0.1) is 23.9 Å². The van der Waals surface area contributed by atoms with Gasteiger partial charge >= 0.3 is 7.12 Å². The van der Waals surface area contributed by atoms with Gasteiger partial charge in [0.25, 0.3) is 0 Å². The van der Waals surface area contributed by atoms with E-state index in [2.05, 4.69) is 26.2 Å². The lowest BCUT2D eigenvalue weighted by atomic mass is 9.87. The van der Waals surface area contributed by atoms with E-state index < -0.39 is 24.0 Å². The van der Waals surface area contributed by atoms with Gasteiger partial charge in [-0.1, -0.05) is 39.3 Å². The fraction of sp³-hybridized carbons (Fsp3) is 0.412. The number of nitrogens with zero attached hydrogens (tertiary/aromatic N) is 3. The number of rotatable bonds is 4. The molecule has 0 aliphatic carbocycles. The van der Waals surface area contributed by atoms with Crippen LogP contribution in [0.15, 0.2) is 40.7 Å². The van der Waals surface area contributed by atoms with Crippen molar-refractivity contribution in [1.29, 1.82) is 0 Å². The van der Waals surface area contributed by atoms with Crippen molar-refractivity contribution in [2.45, 2.75) is 45.4 Å². The Morgan fingerprint density at radius 2 is 1.88 bits per heavy atom. The van der Waals surface area contributed by atoms with Crippen LogP contribution < -0.4 is 0 Å². The van der Waals surface area contributed by atoms with Crippen LogP contribution in [0.4, 0.5) is 4.39 Å². The Bertz CT molecular complexity index is 791. The number of benzene rings is 1. The summed E-state index contributed by atoms with van der Waals surface area (Å²) in [5.74, 6) is 0. The lowest BCUT2D eigenvalue weighted by Gasteiger charge is -2.32.